The van der Waals surface area contributed by atoms with Gasteiger partial charge in [-0.3, -0.25) is 4.79 Å². The topological polar surface area (TPSA) is 73.9 Å². The molecular formula is C17H18F3NO5. The number of hydrogen-bond donors (Lipinski definition) is 1. The Morgan fingerprint density at radius 1 is 1.27 bits per heavy atom. The Morgan fingerprint density at radius 2 is 2.00 bits per heavy atom. The maximum atomic E-state index is 12.1. The number of carbonyl (C=O) groups is 2. The number of amides is 1. The van der Waals surface area contributed by atoms with Crippen LogP contribution >= 0.6 is 0 Å². The summed E-state index contributed by atoms with van der Waals surface area (Å²) < 4.78 is 50.0. The van der Waals surface area contributed by atoms with Crippen LogP contribution in [0, 0.1) is 0 Å². The Bertz CT molecular complexity index is 637. The third-order valence-electron chi connectivity index (χ3n) is 3.42. The molecule has 0 radical (unpaired) electrons. The lowest BCUT2D eigenvalue weighted by molar-refractivity contribution is -0.274. The molecule has 1 atom stereocenters. The van der Waals surface area contributed by atoms with Crippen molar-refractivity contribution in [2.75, 3.05) is 19.8 Å². The molecule has 0 bridgehead atoms. The van der Waals surface area contributed by atoms with Crippen molar-refractivity contribution in [3.63, 3.8) is 0 Å². The quantitative estimate of drug-likeness (QED) is 0.587. The SMILES string of the molecule is O=C(COC(=O)/C=C/c1ccc(OC(F)(F)F)cc1)NC[C@@H]1CCCO1. The third-order valence-corrected chi connectivity index (χ3v) is 3.42. The van der Waals surface area contributed by atoms with Gasteiger partial charge in [-0.25, -0.2) is 4.79 Å². The summed E-state index contributed by atoms with van der Waals surface area (Å²) in [4.78, 5) is 23.1. The van der Waals surface area contributed by atoms with Crippen LogP contribution in [0.4, 0.5) is 13.2 Å². The highest BCUT2D eigenvalue weighted by molar-refractivity contribution is 5.89. The van der Waals surface area contributed by atoms with E-state index in [1.807, 2.05) is 0 Å². The van der Waals surface area contributed by atoms with Crippen LogP contribution in [0.25, 0.3) is 6.08 Å². The molecule has 0 aliphatic carbocycles. The summed E-state index contributed by atoms with van der Waals surface area (Å²) in [5, 5.41) is 2.61. The summed E-state index contributed by atoms with van der Waals surface area (Å²) in [6.07, 6.45) is -0.485. The molecule has 2 rings (SSSR count). The first kappa shape index (κ1) is 19.8. The lowest BCUT2D eigenvalue weighted by Gasteiger charge is -2.10. The number of hydrogen-bond acceptors (Lipinski definition) is 5. The van der Waals surface area contributed by atoms with Gasteiger partial charge < -0.3 is 19.5 Å². The molecule has 0 spiro atoms. The summed E-state index contributed by atoms with van der Waals surface area (Å²) in [6.45, 7) is 0.635. The first-order valence-electron chi connectivity index (χ1n) is 7.91. The predicted molar refractivity (Wildman–Crippen MR) is 85.1 cm³/mol. The van der Waals surface area contributed by atoms with Crippen molar-refractivity contribution in [3.05, 3.63) is 35.9 Å². The van der Waals surface area contributed by atoms with Crippen molar-refractivity contribution < 1.29 is 37.0 Å². The Balaban J connectivity index is 1.70. The zero-order chi connectivity index (χ0) is 19.0. The first-order chi connectivity index (χ1) is 12.3. The van der Waals surface area contributed by atoms with E-state index in [2.05, 4.69) is 10.1 Å². The lowest BCUT2D eigenvalue weighted by atomic mass is 10.2. The molecule has 0 aromatic heterocycles. The van der Waals surface area contributed by atoms with E-state index in [1.54, 1.807) is 0 Å². The number of esters is 1. The van der Waals surface area contributed by atoms with E-state index in [9.17, 15) is 22.8 Å². The van der Waals surface area contributed by atoms with Crippen molar-refractivity contribution in [3.8, 4) is 5.75 Å². The van der Waals surface area contributed by atoms with E-state index < -0.39 is 24.8 Å². The summed E-state index contributed by atoms with van der Waals surface area (Å²) in [5.74, 6) is -1.54. The fourth-order valence-electron chi connectivity index (χ4n) is 2.21. The van der Waals surface area contributed by atoms with Crippen molar-refractivity contribution in [1.29, 1.82) is 0 Å². The third kappa shape index (κ3) is 7.56. The summed E-state index contributed by atoms with van der Waals surface area (Å²) in [5.41, 5.74) is 0.472. The number of carbonyl (C=O) groups excluding carboxylic acids is 2. The molecule has 1 aliphatic rings. The Kier molecular flexibility index (Phi) is 7.02. The molecule has 1 aliphatic heterocycles. The minimum atomic E-state index is -4.76. The molecule has 1 aromatic rings. The number of ether oxygens (including phenoxy) is 3. The molecule has 9 heteroatoms. The number of rotatable bonds is 7. The van der Waals surface area contributed by atoms with Crippen LogP contribution in [0.2, 0.25) is 0 Å². The summed E-state index contributed by atoms with van der Waals surface area (Å²) in [6, 6.07) is 4.94. The average molecular weight is 373 g/mol. The second kappa shape index (κ2) is 9.23. The van der Waals surface area contributed by atoms with Crippen LogP contribution in [-0.2, 0) is 19.1 Å². The van der Waals surface area contributed by atoms with Gasteiger partial charge in [-0.1, -0.05) is 12.1 Å². The number of halogens is 3. The van der Waals surface area contributed by atoms with Crippen molar-refractivity contribution >= 4 is 18.0 Å². The van der Waals surface area contributed by atoms with Crippen molar-refractivity contribution in [2.45, 2.75) is 25.3 Å². The van der Waals surface area contributed by atoms with Crippen LogP contribution in [0.5, 0.6) is 5.75 Å². The van der Waals surface area contributed by atoms with Gasteiger partial charge in [-0.05, 0) is 36.6 Å². The molecule has 1 aromatic carbocycles. The molecule has 0 saturated carbocycles. The Morgan fingerprint density at radius 3 is 2.62 bits per heavy atom. The number of alkyl halides is 3. The smallest absolute Gasteiger partial charge is 0.452 e. The summed E-state index contributed by atoms with van der Waals surface area (Å²) in [7, 11) is 0. The highest BCUT2D eigenvalue weighted by atomic mass is 19.4. The van der Waals surface area contributed by atoms with Gasteiger partial charge in [0.05, 0.1) is 6.10 Å². The summed E-state index contributed by atoms with van der Waals surface area (Å²) >= 11 is 0. The van der Waals surface area contributed by atoms with Gasteiger partial charge in [-0.2, -0.15) is 0 Å². The molecule has 0 unspecified atom stereocenters. The van der Waals surface area contributed by atoms with Crippen LogP contribution in [0.3, 0.4) is 0 Å². The van der Waals surface area contributed by atoms with Gasteiger partial charge in [0.15, 0.2) is 6.61 Å². The Labute approximate surface area is 147 Å². The second-order valence-corrected chi connectivity index (χ2v) is 5.50. The molecule has 1 saturated heterocycles. The number of nitrogens with one attached hydrogen (secondary N) is 1. The van der Waals surface area contributed by atoms with E-state index in [1.165, 1.54) is 18.2 Å². The molecule has 1 amide bonds. The minimum absolute atomic E-state index is 0.00107. The molecule has 142 valence electrons. The monoisotopic (exact) mass is 373 g/mol. The molecule has 6 nitrogen and oxygen atoms in total. The molecule has 1 fully saturated rings. The Hall–Kier alpha value is -2.55. The average Bonchev–Trinajstić information content (AvgIpc) is 3.09. The molecule has 1 heterocycles. The van der Waals surface area contributed by atoms with Gasteiger partial charge in [0.25, 0.3) is 5.91 Å². The normalized spacial score (nSPS) is 17.3. The van der Waals surface area contributed by atoms with Crippen LogP contribution in [-0.4, -0.2) is 44.1 Å². The minimum Gasteiger partial charge on any atom is -0.452 e. The first-order valence-corrected chi connectivity index (χ1v) is 7.91. The van der Waals surface area contributed by atoms with E-state index in [4.69, 9.17) is 9.47 Å². The maximum Gasteiger partial charge on any atom is 0.573 e. The van der Waals surface area contributed by atoms with Gasteiger partial charge >= 0.3 is 12.3 Å². The standard InChI is InChI=1S/C17H18F3NO5/c18-17(19,20)26-13-6-3-12(4-7-13)5-8-16(23)25-11-15(22)21-10-14-2-1-9-24-14/h3-8,14H,1-2,9-11H2,(H,21,22)/b8-5+/t14-/m0/s1. The highest BCUT2D eigenvalue weighted by Gasteiger charge is 2.30. The van der Waals surface area contributed by atoms with E-state index in [0.717, 1.165) is 31.1 Å². The highest BCUT2D eigenvalue weighted by Crippen LogP contribution is 2.22. The van der Waals surface area contributed by atoms with Gasteiger partial charge in [0.2, 0.25) is 0 Å². The van der Waals surface area contributed by atoms with Gasteiger partial charge in [0, 0.05) is 19.2 Å². The maximum absolute atomic E-state index is 12.1. The van der Waals surface area contributed by atoms with Crippen molar-refractivity contribution in [2.24, 2.45) is 0 Å². The van der Waals surface area contributed by atoms with E-state index in [0.29, 0.717) is 18.7 Å². The molecule has 1 N–H and O–H groups in total. The second-order valence-electron chi connectivity index (χ2n) is 5.50. The van der Waals surface area contributed by atoms with E-state index in [-0.39, 0.29) is 11.9 Å². The zero-order valence-corrected chi connectivity index (χ0v) is 13.8. The van der Waals surface area contributed by atoms with Crippen molar-refractivity contribution in [1.82, 2.24) is 5.32 Å². The zero-order valence-electron chi connectivity index (χ0n) is 13.8. The number of benzene rings is 1. The molecule has 26 heavy (non-hydrogen) atoms. The lowest BCUT2D eigenvalue weighted by Crippen LogP contribution is -2.34. The fraction of sp³-hybridized carbons (Fsp3) is 0.412. The largest absolute Gasteiger partial charge is 0.573 e. The van der Waals surface area contributed by atoms with Crippen LogP contribution in [0.15, 0.2) is 30.3 Å². The van der Waals surface area contributed by atoms with Gasteiger partial charge in [-0.15, -0.1) is 13.2 Å². The molecular weight excluding hydrogens is 355 g/mol. The van der Waals surface area contributed by atoms with E-state index >= 15 is 0 Å². The fourth-order valence-corrected chi connectivity index (χ4v) is 2.21. The van der Waals surface area contributed by atoms with Crippen LogP contribution < -0.4 is 10.1 Å². The predicted octanol–water partition coefficient (Wildman–Crippen LogP) is 2.44. The van der Waals surface area contributed by atoms with Gasteiger partial charge in [0.1, 0.15) is 5.75 Å². The van der Waals surface area contributed by atoms with Crippen LogP contribution in [0.1, 0.15) is 18.4 Å².